The molecule has 1 aliphatic heterocycles. The molecule has 1 N–H and O–H groups in total. The van der Waals surface area contributed by atoms with E-state index < -0.39 is 17.8 Å². The minimum Gasteiger partial charge on any atom is -0.342 e. The molecule has 0 unspecified atom stereocenters. The van der Waals surface area contributed by atoms with Gasteiger partial charge in [-0.25, -0.2) is 4.79 Å². The molecule has 0 spiro atoms. The van der Waals surface area contributed by atoms with Crippen LogP contribution in [-0.4, -0.2) is 57.8 Å². The average Bonchev–Trinajstić information content (AvgIpc) is 3.04. The van der Waals surface area contributed by atoms with E-state index in [4.69, 9.17) is 0 Å². The standard InChI is InChI=1S/C21H24N4O4/c1-4-23(5-2)18(26)13-24-12-14(15-9-7-8-10-17(15)24)11-16-19(27)22-21(29)25(6-3)20(16)28/h7-12H,4-6,13H2,1-3H3,(H,22,27,29)/b16-11+. The van der Waals surface area contributed by atoms with Crippen molar-refractivity contribution in [2.24, 2.45) is 0 Å². The van der Waals surface area contributed by atoms with Gasteiger partial charge in [-0.1, -0.05) is 18.2 Å². The largest absolute Gasteiger partial charge is 0.342 e. The molecule has 0 aliphatic carbocycles. The number of urea groups is 1. The number of carbonyl (C=O) groups excluding carboxylic acids is 4. The van der Waals surface area contributed by atoms with Crippen molar-refractivity contribution in [1.82, 2.24) is 19.7 Å². The number of aromatic nitrogens is 1. The maximum atomic E-state index is 12.6. The summed E-state index contributed by atoms with van der Waals surface area (Å²) in [6, 6.07) is 6.76. The second-order valence-corrected chi connectivity index (χ2v) is 6.66. The Bertz CT molecular complexity index is 1020. The second-order valence-electron chi connectivity index (χ2n) is 6.66. The van der Waals surface area contributed by atoms with Crippen molar-refractivity contribution < 1.29 is 19.2 Å². The Hall–Kier alpha value is -3.42. The lowest BCUT2D eigenvalue weighted by atomic mass is 10.1. The van der Waals surface area contributed by atoms with E-state index in [0.717, 1.165) is 15.8 Å². The van der Waals surface area contributed by atoms with Gasteiger partial charge in [0.05, 0.1) is 0 Å². The van der Waals surface area contributed by atoms with Crippen molar-refractivity contribution in [1.29, 1.82) is 0 Å². The predicted octanol–water partition coefficient (Wildman–Crippen LogP) is 1.99. The number of hydrogen-bond donors (Lipinski definition) is 1. The highest BCUT2D eigenvalue weighted by molar-refractivity contribution is 6.31. The molecular weight excluding hydrogens is 372 g/mol. The van der Waals surface area contributed by atoms with E-state index in [-0.39, 0.29) is 24.6 Å². The highest BCUT2D eigenvalue weighted by atomic mass is 16.2. The van der Waals surface area contributed by atoms with Crippen molar-refractivity contribution in [3.05, 3.63) is 41.6 Å². The van der Waals surface area contributed by atoms with Gasteiger partial charge in [-0.15, -0.1) is 0 Å². The lowest BCUT2D eigenvalue weighted by Crippen LogP contribution is -2.53. The SMILES string of the molecule is CCN(CC)C(=O)Cn1cc(/C=C2\C(=O)NC(=O)N(CC)C2=O)c2ccccc21. The number of hydrogen-bond acceptors (Lipinski definition) is 4. The van der Waals surface area contributed by atoms with Crippen LogP contribution in [0.3, 0.4) is 0 Å². The van der Waals surface area contributed by atoms with Gasteiger partial charge in [0.2, 0.25) is 5.91 Å². The molecular formula is C21H24N4O4. The summed E-state index contributed by atoms with van der Waals surface area (Å²) >= 11 is 0. The lowest BCUT2D eigenvalue weighted by Gasteiger charge is -2.24. The lowest BCUT2D eigenvalue weighted by molar-refractivity contribution is -0.132. The highest BCUT2D eigenvalue weighted by Gasteiger charge is 2.34. The number of rotatable bonds is 6. The number of para-hydroxylation sites is 1. The minimum absolute atomic E-state index is 0.0100. The van der Waals surface area contributed by atoms with E-state index in [0.29, 0.717) is 18.7 Å². The molecule has 29 heavy (non-hydrogen) atoms. The Balaban J connectivity index is 2.03. The summed E-state index contributed by atoms with van der Waals surface area (Å²) in [6.07, 6.45) is 3.24. The third-order valence-electron chi connectivity index (χ3n) is 5.04. The van der Waals surface area contributed by atoms with Crippen LogP contribution in [0.25, 0.3) is 17.0 Å². The van der Waals surface area contributed by atoms with Crippen LogP contribution in [0.4, 0.5) is 4.79 Å². The second kappa shape index (κ2) is 8.30. The van der Waals surface area contributed by atoms with Gasteiger partial charge in [-0.2, -0.15) is 0 Å². The number of nitrogens with zero attached hydrogens (tertiary/aromatic N) is 3. The van der Waals surface area contributed by atoms with Crippen LogP contribution in [-0.2, 0) is 20.9 Å². The van der Waals surface area contributed by atoms with Crippen molar-refractivity contribution in [2.45, 2.75) is 27.3 Å². The number of amides is 5. The van der Waals surface area contributed by atoms with Gasteiger partial charge < -0.3 is 9.47 Å². The highest BCUT2D eigenvalue weighted by Crippen LogP contribution is 2.25. The van der Waals surface area contributed by atoms with Crippen molar-refractivity contribution >= 4 is 40.7 Å². The first kappa shape index (κ1) is 20.3. The third kappa shape index (κ3) is 3.78. The Morgan fingerprint density at radius 2 is 1.79 bits per heavy atom. The summed E-state index contributed by atoms with van der Waals surface area (Å²) in [7, 11) is 0. The fourth-order valence-electron chi connectivity index (χ4n) is 3.48. The number of carbonyl (C=O) groups is 4. The topological polar surface area (TPSA) is 91.7 Å². The van der Waals surface area contributed by atoms with Crippen LogP contribution < -0.4 is 5.32 Å². The summed E-state index contributed by atoms with van der Waals surface area (Å²) in [5, 5.41) is 3.00. The van der Waals surface area contributed by atoms with E-state index in [1.165, 1.54) is 6.08 Å². The van der Waals surface area contributed by atoms with Gasteiger partial charge in [-0.3, -0.25) is 24.6 Å². The van der Waals surface area contributed by atoms with Crippen LogP contribution in [0.5, 0.6) is 0 Å². The number of barbiturate groups is 1. The van der Waals surface area contributed by atoms with Crippen LogP contribution in [0.2, 0.25) is 0 Å². The maximum Gasteiger partial charge on any atom is 0.331 e. The fourth-order valence-corrected chi connectivity index (χ4v) is 3.48. The van der Waals surface area contributed by atoms with Gasteiger partial charge in [0.25, 0.3) is 11.8 Å². The fraction of sp³-hybridized carbons (Fsp3) is 0.333. The van der Waals surface area contributed by atoms with Crippen LogP contribution in [0, 0.1) is 0 Å². The van der Waals surface area contributed by atoms with Crippen molar-refractivity contribution in [3.63, 3.8) is 0 Å². The molecule has 1 aromatic heterocycles. The first-order valence-corrected chi connectivity index (χ1v) is 9.65. The molecule has 0 atom stereocenters. The van der Waals surface area contributed by atoms with E-state index in [2.05, 4.69) is 5.32 Å². The molecule has 2 heterocycles. The number of benzene rings is 1. The number of likely N-dealkylation sites (N-methyl/N-ethyl adjacent to an activating group) is 2. The van der Waals surface area contributed by atoms with E-state index in [1.807, 2.05) is 42.7 Å². The van der Waals surface area contributed by atoms with Gasteiger partial charge in [-0.05, 0) is 32.9 Å². The average molecular weight is 396 g/mol. The molecule has 8 heteroatoms. The smallest absolute Gasteiger partial charge is 0.331 e. The van der Waals surface area contributed by atoms with E-state index >= 15 is 0 Å². The number of fused-ring (bicyclic) bond motifs is 1. The zero-order chi connectivity index (χ0) is 21.1. The monoisotopic (exact) mass is 396 g/mol. The minimum atomic E-state index is -0.722. The molecule has 152 valence electrons. The Labute approximate surface area is 168 Å². The molecule has 0 radical (unpaired) electrons. The molecule has 1 fully saturated rings. The first-order valence-electron chi connectivity index (χ1n) is 9.65. The summed E-state index contributed by atoms with van der Waals surface area (Å²) in [4.78, 5) is 51.9. The summed E-state index contributed by atoms with van der Waals surface area (Å²) in [6.45, 7) is 7.09. The molecule has 8 nitrogen and oxygen atoms in total. The first-order chi connectivity index (χ1) is 13.9. The zero-order valence-corrected chi connectivity index (χ0v) is 16.8. The van der Waals surface area contributed by atoms with Crippen molar-refractivity contribution in [2.75, 3.05) is 19.6 Å². The number of imide groups is 2. The molecule has 2 aromatic rings. The molecule has 0 bridgehead atoms. The van der Waals surface area contributed by atoms with Crippen LogP contribution in [0.1, 0.15) is 26.3 Å². The molecule has 1 saturated heterocycles. The van der Waals surface area contributed by atoms with Gasteiger partial charge in [0, 0.05) is 42.3 Å². The van der Waals surface area contributed by atoms with Gasteiger partial charge in [0.15, 0.2) is 0 Å². The quantitative estimate of drug-likeness (QED) is 0.597. The Morgan fingerprint density at radius 3 is 2.45 bits per heavy atom. The zero-order valence-electron chi connectivity index (χ0n) is 16.8. The molecule has 0 saturated carbocycles. The van der Waals surface area contributed by atoms with Gasteiger partial charge in [0.1, 0.15) is 12.1 Å². The number of nitrogens with one attached hydrogen (secondary N) is 1. The normalized spacial score (nSPS) is 15.9. The van der Waals surface area contributed by atoms with Crippen LogP contribution >= 0.6 is 0 Å². The molecule has 5 amide bonds. The molecule has 3 rings (SSSR count). The molecule has 1 aliphatic rings. The summed E-state index contributed by atoms with van der Waals surface area (Å²) < 4.78 is 1.82. The Morgan fingerprint density at radius 1 is 1.10 bits per heavy atom. The summed E-state index contributed by atoms with van der Waals surface area (Å²) in [5.74, 6) is -1.36. The third-order valence-corrected chi connectivity index (χ3v) is 5.04. The van der Waals surface area contributed by atoms with E-state index in [1.54, 1.807) is 18.0 Å². The van der Waals surface area contributed by atoms with Crippen LogP contribution in [0.15, 0.2) is 36.0 Å². The van der Waals surface area contributed by atoms with Gasteiger partial charge >= 0.3 is 6.03 Å². The molecule has 1 aromatic carbocycles. The van der Waals surface area contributed by atoms with E-state index in [9.17, 15) is 19.2 Å². The summed E-state index contributed by atoms with van der Waals surface area (Å²) in [5.41, 5.74) is 1.35. The van der Waals surface area contributed by atoms with Crippen molar-refractivity contribution in [3.8, 4) is 0 Å². The Kier molecular flexibility index (Phi) is 5.81. The predicted molar refractivity (Wildman–Crippen MR) is 109 cm³/mol. The maximum absolute atomic E-state index is 12.6.